The fourth-order valence-corrected chi connectivity index (χ4v) is 2.22. The number of aliphatic hydroxyl groups excluding tert-OH is 1. The van der Waals surface area contributed by atoms with Gasteiger partial charge in [-0.1, -0.05) is 44.2 Å². The van der Waals surface area contributed by atoms with Crippen LogP contribution in [0.5, 0.6) is 0 Å². The maximum absolute atomic E-state index is 10.1. The molecular formula is C17H22N2O. The smallest absolute Gasteiger partial charge is 0.0915 e. The van der Waals surface area contributed by atoms with Crippen molar-refractivity contribution in [2.45, 2.75) is 25.4 Å². The third kappa shape index (κ3) is 3.89. The first-order valence-corrected chi connectivity index (χ1v) is 6.94. The van der Waals surface area contributed by atoms with Crippen molar-refractivity contribution in [3.8, 4) is 0 Å². The fraction of sp³-hybridized carbons (Fsp3) is 0.353. The highest BCUT2D eigenvalue weighted by atomic mass is 16.3. The Bertz CT molecular complexity index is 511. The summed E-state index contributed by atoms with van der Waals surface area (Å²) in [5.74, 6) is 0. The maximum atomic E-state index is 10.1. The molecule has 1 aromatic heterocycles. The van der Waals surface area contributed by atoms with Crippen LogP contribution in [0.25, 0.3) is 0 Å². The number of hydrogen-bond acceptors (Lipinski definition) is 3. The largest absolute Gasteiger partial charge is 0.387 e. The van der Waals surface area contributed by atoms with Crippen LogP contribution in [0.15, 0.2) is 54.9 Å². The molecule has 0 amide bonds. The molecule has 2 N–H and O–H groups in total. The highest BCUT2D eigenvalue weighted by Crippen LogP contribution is 2.22. The van der Waals surface area contributed by atoms with Gasteiger partial charge in [-0.15, -0.1) is 0 Å². The highest BCUT2D eigenvalue weighted by Gasteiger charge is 2.20. The summed E-state index contributed by atoms with van der Waals surface area (Å²) >= 11 is 0. The van der Waals surface area contributed by atoms with Gasteiger partial charge in [-0.3, -0.25) is 4.98 Å². The molecule has 0 radical (unpaired) electrons. The van der Waals surface area contributed by atoms with Crippen molar-refractivity contribution in [3.05, 3.63) is 66.0 Å². The molecule has 2 aromatic rings. The van der Waals surface area contributed by atoms with E-state index in [1.807, 2.05) is 18.2 Å². The topological polar surface area (TPSA) is 45.1 Å². The van der Waals surface area contributed by atoms with Gasteiger partial charge in [-0.2, -0.15) is 0 Å². The zero-order valence-corrected chi connectivity index (χ0v) is 12.1. The Morgan fingerprint density at radius 2 is 1.75 bits per heavy atom. The molecule has 0 aliphatic heterocycles. The fourth-order valence-electron chi connectivity index (χ4n) is 2.22. The van der Waals surface area contributed by atoms with E-state index in [9.17, 15) is 5.11 Å². The summed E-state index contributed by atoms with van der Waals surface area (Å²) in [7, 11) is 0. The monoisotopic (exact) mass is 270 g/mol. The Morgan fingerprint density at radius 3 is 2.40 bits per heavy atom. The molecule has 3 nitrogen and oxygen atoms in total. The van der Waals surface area contributed by atoms with E-state index in [2.05, 4.69) is 48.4 Å². The first-order valence-electron chi connectivity index (χ1n) is 6.94. The van der Waals surface area contributed by atoms with Gasteiger partial charge in [-0.25, -0.2) is 0 Å². The molecule has 2 rings (SSSR count). The van der Waals surface area contributed by atoms with Gasteiger partial charge in [0.15, 0.2) is 0 Å². The van der Waals surface area contributed by atoms with E-state index in [1.54, 1.807) is 12.4 Å². The molecule has 3 heteroatoms. The highest BCUT2D eigenvalue weighted by molar-refractivity contribution is 5.24. The predicted molar refractivity (Wildman–Crippen MR) is 81.5 cm³/mol. The summed E-state index contributed by atoms with van der Waals surface area (Å²) < 4.78 is 0. The molecule has 0 unspecified atom stereocenters. The van der Waals surface area contributed by atoms with Gasteiger partial charge < -0.3 is 10.4 Å². The molecule has 0 saturated carbocycles. The Labute approximate surface area is 120 Å². The second-order valence-corrected chi connectivity index (χ2v) is 5.68. The predicted octanol–water partition coefficient (Wildman–Crippen LogP) is 2.68. The number of pyridine rings is 1. The second kappa shape index (κ2) is 6.64. The van der Waals surface area contributed by atoms with E-state index in [0.29, 0.717) is 6.54 Å². The van der Waals surface area contributed by atoms with E-state index >= 15 is 0 Å². The van der Waals surface area contributed by atoms with Crippen molar-refractivity contribution in [2.24, 2.45) is 0 Å². The van der Waals surface area contributed by atoms with Crippen LogP contribution in [-0.2, 0) is 5.41 Å². The zero-order chi connectivity index (χ0) is 14.4. The van der Waals surface area contributed by atoms with Crippen LogP contribution in [0.2, 0.25) is 0 Å². The van der Waals surface area contributed by atoms with Crippen molar-refractivity contribution < 1.29 is 5.11 Å². The van der Waals surface area contributed by atoms with E-state index in [0.717, 1.165) is 12.1 Å². The molecular weight excluding hydrogens is 248 g/mol. The lowest BCUT2D eigenvalue weighted by atomic mass is 9.84. The molecule has 1 atom stereocenters. The number of hydrogen-bond donors (Lipinski definition) is 2. The summed E-state index contributed by atoms with van der Waals surface area (Å²) in [4.78, 5) is 3.96. The van der Waals surface area contributed by atoms with Crippen LogP contribution in [0.1, 0.15) is 31.1 Å². The van der Waals surface area contributed by atoms with Gasteiger partial charge in [0.1, 0.15) is 0 Å². The van der Waals surface area contributed by atoms with E-state index in [4.69, 9.17) is 0 Å². The van der Waals surface area contributed by atoms with Crippen molar-refractivity contribution in [1.82, 2.24) is 10.3 Å². The van der Waals surface area contributed by atoms with Crippen LogP contribution >= 0.6 is 0 Å². The molecule has 106 valence electrons. The SMILES string of the molecule is CC(C)(CNC[C@@H](O)c1ccncc1)c1ccccc1. The first kappa shape index (κ1) is 14.7. The summed E-state index contributed by atoms with van der Waals surface area (Å²) in [5.41, 5.74) is 2.23. The van der Waals surface area contributed by atoms with Gasteiger partial charge in [0.25, 0.3) is 0 Å². The molecule has 0 bridgehead atoms. The Balaban J connectivity index is 1.87. The van der Waals surface area contributed by atoms with Crippen LogP contribution in [0.4, 0.5) is 0 Å². The van der Waals surface area contributed by atoms with E-state index in [-0.39, 0.29) is 5.41 Å². The van der Waals surface area contributed by atoms with Crippen LogP contribution in [0, 0.1) is 0 Å². The van der Waals surface area contributed by atoms with Crippen molar-refractivity contribution in [2.75, 3.05) is 13.1 Å². The Hall–Kier alpha value is -1.71. The minimum Gasteiger partial charge on any atom is -0.387 e. The third-order valence-electron chi connectivity index (χ3n) is 3.55. The number of benzene rings is 1. The zero-order valence-electron chi connectivity index (χ0n) is 12.1. The molecule has 0 aliphatic carbocycles. The Kier molecular flexibility index (Phi) is 4.88. The second-order valence-electron chi connectivity index (χ2n) is 5.68. The summed E-state index contributed by atoms with van der Waals surface area (Å²) in [6.07, 6.45) is 2.91. The van der Waals surface area contributed by atoms with Crippen LogP contribution in [0.3, 0.4) is 0 Å². The van der Waals surface area contributed by atoms with Crippen LogP contribution < -0.4 is 5.32 Å². The lowest BCUT2D eigenvalue weighted by Gasteiger charge is -2.26. The van der Waals surface area contributed by atoms with Gasteiger partial charge in [0.05, 0.1) is 6.10 Å². The summed E-state index contributed by atoms with van der Waals surface area (Å²) in [6.45, 7) is 5.77. The molecule has 20 heavy (non-hydrogen) atoms. The number of aromatic nitrogens is 1. The molecule has 0 saturated heterocycles. The maximum Gasteiger partial charge on any atom is 0.0915 e. The lowest BCUT2D eigenvalue weighted by Crippen LogP contribution is -2.35. The number of rotatable bonds is 6. The molecule has 0 fully saturated rings. The van der Waals surface area contributed by atoms with Gasteiger partial charge >= 0.3 is 0 Å². The van der Waals surface area contributed by atoms with E-state index < -0.39 is 6.10 Å². The minimum atomic E-state index is -0.496. The minimum absolute atomic E-state index is 0.0409. The summed E-state index contributed by atoms with van der Waals surface area (Å²) in [6, 6.07) is 14.1. The van der Waals surface area contributed by atoms with Gasteiger partial charge in [-0.05, 0) is 23.3 Å². The number of nitrogens with one attached hydrogen (secondary N) is 1. The average Bonchev–Trinajstić information content (AvgIpc) is 2.49. The third-order valence-corrected chi connectivity index (χ3v) is 3.55. The van der Waals surface area contributed by atoms with Gasteiger partial charge in [0, 0.05) is 30.9 Å². The normalized spacial score (nSPS) is 13.2. The van der Waals surface area contributed by atoms with Crippen molar-refractivity contribution >= 4 is 0 Å². The molecule has 1 heterocycles. The number of aliphatic hydroxyl groups is 1. The van der Waals surface area contributed by atoms with E-state index in [1.165, 1.54) is 5.56 Å². The lowest BCUT2D eigenvalue weighted by molar-refractivity contribution is 0.172. The molecule has 0 spiro atoms. The van der Waals surface area contributed by atoms with Crippen molar-refractivity contribution in [1.29, 1.82) is 0 Å². The van der Waals surface area contributed by atoms with Gasteiger partial charge in [0.2, 0.25) is 0 Å². The molecule has 0 aliphatic rings. The quantitative estimate of drug-likeness (QED) is 0.848. The average molecular weight is 270 g/mol. The summed E-state index contributed by atoms with van der Waals surface area (Å²) in [5, 5.41) is 13.4. The van der Waals surface area contributed by atoms with Crippen molar-refractivity contribution in [3.63, 3.8) is 0 Å². The van der Waals surface area contributed by atoms with Crippen LogP contribution in [-0.4, -0.2) is 23.2 Å². The number of nitrogens with zero attached hydrogens (tertiary/aromatic N) is 1. The standard InChI is InChI=1S/C17H22N2O/c1-17(2,15-6-4-3-5-7-15)13-19-12-16(20)14-8-10-18-11-9-14/h3-11,16,19-20H,12-13H2,1-2H3/t16-/m1/s1. The molecule has 1 aromatic carbocycles. The first-order chi connectivity index (χ1) is 9.59. The Morgan fingerprint density at radius 1 is 1.10 bits per heavy atom.